The Kier molecular flexibility index (Phi) is 7.27. The van der Waals surface area contributed by atoms with Gasteiger partial charge in [-0.25, -0.2) is 4.79 Å². The second kappa shape index (κ2) is 9.03. The molecule has 20 heavy (non-hydrogen) atoms. The van der Waals surface area contributed by atoms with Gasteiger partial charge < -0.3 is 10.1 Å². The van der Waals surface area contributed by atoms with Crippen molar-refractivity contribution in [3.8, 4) is 5.75 Å². The third-order valence-corrected chi connectivity index (χ3v) is 3.18. The van der Waals surface area contributed by atoms with E-state index in [1.807, 2.05) is 31.2 Å². The third kappa shape index (κ3) is 6.29. The molecule has 0 saturated carbocycles. The maximum Gasteiger partial charge on any atom is 0.321 e. The Hall–Kier alpha value is -1.95. The van der Waals surface area contributed by atoms with Gasteiger partial charge in [0.25, 0.3) is 0 Å². The zero-order valence-electron chi connectivity index (χ0n) is 11.3. The zero-order valence-corrected chi connectivity index (χ0v) is 12.2. The van der Waals surface area contributed by atoms with Crippen molar-refractivity contribution in [1.82, 2.24) is 10.6 Å². The molecule has 0 spiro atoms. The van der Waals surface area contributed by atoms with E-state index in [0.717, 1.165) is 10.6 Å². The molecule has 1 rings (SSSR count). The third-order valence-electron chi connectivity index (χ3n) is 2.16. The molecule has 0 atom stereocenters. The van der Waals surface area contributed by atoms with Crippen LogP contribution < -0.4 is 15.4 Å². The van der Waals surface area contributed by atoms with E-state index in [1.54, 1.807) is 6.08 Å². The summed E-state index contributed by atoms with van der Waals surface area (Å²) >= 11 is 1.35. The summed E-state index contributed by atoms with van der Waals surface area (Å²) in [4.78, 5) is 23.7. The van der Waals surface area contributed by atoms with Gasteiger partial charge in [0.1, 0.15) is 5.75 Å². The van der Waals surface area contributed by atoms with Crippen LogP contribution in [0.5, 0.6) is 5.75 Å². The second-order valence-corrected chi connectivity index (χ2v) is 4.79. The molecule has 0 heterocycles. The van der Waals surface area contributed by atoms with E-state index in [9.17, 15) is 9.59 Å². The Bertz CT molecular complexity index is 460. The van der Waals surface area contributed by atoms with Crippen LogP contribution in [0, 0.1) is 0 Å². The lowest BCUT2D eigenvalue weighted by Gasteiger charge is -2.06. The van der Waals surface area contributed by atoms with E-state index in [-0.39, 0.29) is 11.7 Å². The number of nitrogens with one attached hydrogen (secondary N) is 2. The van der Waals surface area contributed by atoms with Crippen molar-refractivity contribution in [2.75, 3.05) is 18.9 Å². The van der Waals surface area contributed by atoms with E-state index in [4.69, 9.17) is 4.74 Å². The van der Waals surface area contributed by atoms with Gasteiger partial charge in [0.15, 0.2) is 0 Å². The molecular weight excluding hydrogens is 276 g/mol. The number of carbonyl (C=O) groups is 2. The highest BCUT2D eigenvalue weighted by molar-refractivity contribution is 8.00. The molecule has 0 aromatic heterocycles. The maximum absolute atomic E-state index is 11.5. The van der Waals surface area contributed by atoms with E-state index >= 15 is 0 Å². The maximum atomic E-state index is 11.5. The van der Waals surface area contributed by atoms with Crippen molar-refractivity contribution in [2.45, 2.75) is 11.8 Å². The number of hydrogen-bond acceptors (Lipinski definition) is 4. The normalized spacial score (nSPS) is 9.65. The Morgan fingerprint density at radius 3 is 2.65 bits per heavy atom. The predicted octanol–water partition coefficient (Wildman–Crippen LogP) is 2.19. The molecule has 0 aliphatic heterocycles. The largest absolute Gasteiger partial charge is 0.494 e. The molecule has 1 aromatic rings. The van der Waals surface area contributed by atoms with Crippen LogP contribution in [0.1, 0.15) is 6.92 Å². The van der Waals surface area contributed by atoms with Gasteiger partial charge in [0, 0.05) is 11.4 Å². The molecule has 0 aliphatic carbocycles. The van der Waals surface area contributed by atoms with E-state index < -0.39 is 6.03 Å². The first kappa shape index (κ1) is 16.1. The van der Waals surface area contributed by atoms with Crippen LogP contribution in [0.4, 0.5) is 4.79 Å². The fraction of sp³-hybridized carbons (Fsp3) is 0.286. The van der Waals surface area contributed by atoms with Crippen LogP contribution in [0.2, 0.25) is 0 Å². The number of carbonyl (C=O) groups excluding carboxylic acids is 2. The standard InChI is InChI=1S/C14H18N2O3S/c1-3-9-15-14(18)16-13(17)10-20-12-7-5-11(6-8-12)19-4-2/h3,5-8H,1,4,9-10H2,2H3,(H2,15,16,17,18). The number of thioether (sulfide) groups is 1. The Morgan fingerprint density at radius 1 is 1.35 bits per heavy atom. The van der Waals surface area contributed by atoms with Crippen molar-refractivity contribution in [2.24, 2.45) is 0 Å². The molecule has 3 amide bonds. The minimum absolute atomic E-state index is 0.176. The van der Waals surface area contributed by atoms with E-state index in [0.29, 0.717) is 13.2 Å². The lowest BCUT2D eigenvalue weighted by molar-refractivity contribution is -0.117. The molecule has 6 heteroatoms. The van der Waals surface area contributed by atoms with Crippen LogP contribution in [-0.2, 0) is 4.79 Å². The van der Waals surface area contributed by atoms with Gasteiger partial charge in [-0.3, -0.25) is 10.1 Å². The summed E-state index contributed by atoms with van der Waals surface area (Å²) in [5, 5.41) is 4.70. The topological polar surface area (TPSA) is 67.4 Å². The molecule has 0 bridgehead atoms. The molecule has 0 fully saturated rings. The highest BCUT2D eigenvalue weighted by atomic mass is 32.2. The Balaban J connectivity index is 2.33. The lowest BCUT2D eigenvalue weighted by atomic mass is 10.3. The molecule has 0 radical (unpaired) electrons. The first-order valence-electron chi connectivity index (χ1n) is 6.20. The van der Waals surface area contributed by atoms with Crippen molar-refractivity contribution >= 4 is 23.7 Å². The summed E-state index contributed by atoms with van der Waals surface area (Å²) in [7, 11) is 0. The van der Waals surface area contributed by atoms with Crippen molar-refractivity contribution in [3.05, 3.63) is 36.9 Å². The number of ether oxygens (including phenoxy) is 1. The average molecular weight is 294 g/mol. The first-order valence-corrected chi connectivity index (χ1v) is 7.18. The summed E-state index contributed by atoms with van der Waals surface area (Å²) in [6, 6.07) is 6.94. The minimum atomic E-state index is -0.512. The number of hydrogen-bond donors (Lipinski definition) is 2. The molecular formula is C14H18N2O3S. The minimum Gasteiger partial charge on any atom is -0.494 e. The van der Waals surface area contributed by atoms with Crippen molar-refractivity contribution in [3.63, 3.8) is 0 Å². The van der Waals surface area contributed by atoms with Crippen molar-refractivity contribution in [1.29, 1.82) is 0 Å². The molecule has 108 valence electrons. The molecule has 0 aliphatic rings. The number of urea groups is 1. The summed E-state index contributed by atoms with van der Waals surface area (Å²) in [6.07, 6.45) is 1.54. The number of amides is 3. The highest BCUT2D eigenvalue weighted by Gasteiger charge is 2.07. The van der Waals surface area contributed by atoms with Gasteiger partial charge in [-0.1, -0.05) is 6.08 Å². The SMILES string of the molecule is C=CCNC(=O)NC(=O)CSc1ccc(OCC)cc1. The molecule has 0 saturated heterocycles. The van der Waals surface area contributed by atoms with Crippen LogP contribution >= 0.6 is 11.8 Å². The molecule has 2 N–H and O–H groups in total. The Labute approximate surface area is 122 Å². The first-order chi connectivity index (χ1) is 9.65. The van der Waals surface area contributed by atoms with Gasteiger partial charge in [0.05, 0.1) is 12.4 Å². The summed E-state index contributed by atoms with van der Waals surface area (Å²) in [5.74, 6) is 0.630. The van der Waals surface area contributed by atoms with Gasteiger partial charge in [-0.2, -0.15) is 0 Å². The van der Waals surface area contributed by atoms with Crippen LogP contribution in [-0.4, -0.2) is 30.8 Å². The lowest BCUT2D eigenvalue weighted by Crippen LogP contribution is -2.40. The van der Waals surface area contributed by atoms with Gasteiger partial charge in [0.2, 0.25) is 5.91 Å². The van der Waals surface area contributed by atoms with Gasteiger partial charge in [-0.15, -0.1) is 18.3 Å². The summed E-state index contributed by atoms with van der Waals surface area (Å²) in [6.45, 7) is 6.33. The second-order valence-electron chi connectivity index (χ2n) is 3.74. The van der Waals surface area contributed by atoms with Gasteiger partial charge in [-0.05, 0) is 31.2 Å². The zero-order chi connectivity index (χ0) is 14.8. The molecule has 1 aromatic carbocycles. The van der Waals surface area contributed by atoms with Gasteiger partial charge >= 0.3 is 6.03 Å². The quantitative estimate of drug-likeness (QED) is 0.597. The number of imide groups is 1. The highest BCUT2D eigenvalue weighted by Crippen LogP contribution is 2.21. The van der Waals surface area contributed by atoms with E-state index in [2.05, 4.69) is 17.2 Å². The smallest absolute Gasteiger partial charge is 0.321 e. The monoisotopic (exact) mass is 294 g/mol. The number of benzene rings is 1. The van der Waals surface area contributed by atoms with Crippen LogP contribution in [0.3, 0.4) is 0 Å². The Morgan fingerprint density at radius 2 is 2.05 bits per heavy atom. The fourth-order valence-electron chi connectivity index (χ4n) is 1.32. The summed E-state index contributed by atoms with van der Waals surface area (Å²) < 4.78 is 5.33. The van der Waals surface area contributed by atoms with E-state index in [1.165, 1.54) is 11.8 Å². The average Bonchev–Trinajstić information content (AvgIpc) is 2.45. The predicted molar refractivity (Wildman–Crippen MR) is 80.1 cm³/mol. The summed E-state index contributed by atoms with van der Waals surface area (Å²) in [5.41, 5.74) is 0. The fourth-order valence-corrected chi connectivity index (χ4v) is 2.02. The van der Waals surface area contributed by atoms with Crippen molar-refractivity contribution < 1.29 is 14.3 Å². The molecule has 5 nitrogen and oxygen atoms in total. The number of rotatable bonds is 7. The van der Waals surface area contributed by atoms with Crippen LogP contribution in [0.15, 0.2) is 41.8 Å². The van der Waals surface area contributed by atoms with Crippen LogP contribution in [0.25, 0.3) is 0 Å². The molecule has 0 unspecified atom stereocenters.